The number of aromatic nitrogens is 2. The van der Waals surface area contributed by atoms with Crippen molar-refractivity contribution in [1.29, 1.82) is 0 Å². The van der Waals surface area contributed by atoms with Gasteiger partial charge in [-0.2, -0.15) is 0 Å². The lowest BCUT2D eigenvalue weighted by molar-refractivity contribution is -0.136. The van der Waals surface area contributed by atoms with E-state index in [2.05, 4.69) is 13.8 Å². The van der Waals surface area contributed by atoms with E-state index in [-0.39, 0.29) is 17.4 Å². The zero-order valence-electron chi connectivity index (χ0n) is 20.4. The van der Waals surface area contributed by atoms with Crippen LogP contribution < -0.4 is 10.3 Å². The summed E-state index contributed by atoms with van der Waals surface area (Å²) in [5.41, 5.74) is 1.07. The van der Waals surface area contributed by atoms with Crippen molar-refractivity contribution in [3.8, 4) is 11.4 Å². The van der Waals surface area contributed by atoms with Gasteiger partial charge in [-0.25, -0.2) is 4.98 Å². The lowest BCUT2D eigenvalue weighted by Gasteiger charge is -2.30. The molecule has 0 bridgehead atoms. The van der Waals surface area contributed by atoms with Crippen LogP contribution in [0.3, 0.4) is 0 Å². The van der Waals surface area contributed by atoms with Crippen LogP contribution in [0.2, 0.25) is 0 Å². The van der Waals surface area contributed by atoms with Gasteiger partial charge in [0.25, 0.3) is 5.56 Å². The average molecular weight is 450 g/mol. The van der Waals surface area contributed by atoms with Crippen molar-refractivity contribution >= 4 is 16.8 Å². The van der Waals surface area contributed by atoms with Gasteiger partial charge in [0, 0.05) is 13.0 Å². The van der Waals surface area contributed by atoms with Crippen molar-refractivity contribution in [2.24, 2.45) is 5.92 Å². The Hall–Kier alpha value is -3.15. The first-order chi connectivity index (χ1) is 15.9. The molecule has 0 N–H and O–H groups in total. The number of carbonyl (C=O) groups excluding carboxylic acids is 1. The Morgan fingerprint density at radius 3 is 2.48 bits per heavy atom. The maximum absolute atomic E-state index is 13.7. The number of para-hydroxylation sites is 3. The van der Waals surface area contributed by atoms with Crippen molar-refractivity contribution < 1.29 is 9.53 Å². The number of hydrogen-bond donors (Lipinski definition) is 0. The third-order valence-electron chi connectivity index (χ3n) is 6.26. The van der Waals surface area contributed by atoms with Crippen molar-refractivity contribution in [2.75, 3.05) is 13.7 Å². The number of ether oxygens (including phenoxy) is 1. The molecule has 1 heterocycles. The summed E-state index contributed by atoms with van der Waals surface area (Å²) in [5, 5.41) is 0.531. The smallest absolute Gasteiger partial charge is 0.266 e. The normalized spacial score (nSPS) is 13.0. The van der Waals surface area contributed by atoms with Gasteiger partial charge in [0.1, 0.15) is 11.6 Å². The van der Waals surface area contributed by atoms with Gasteiger partial charge in [-0.15, -0.1) is 0 Å². The van der Waals surface area contributed by atoms with Gasteiger partial charge in [-0.3, -0.25) is 14.2 Å². The van der Waals surface area contributed by atoms with E-state index in [1.807, 2.05) is 63.4 Å². The summed E-state index contributed by atoms with van der Waals surface area (Å²) in [4.78, 5) is 33.7. The van der Waals surface area contributed by atoms with Crippen molar-refractivity contribution in [3.63, 3.8) is 0 Å². The first-order valence-corrected chi connectivity index (χ1v) is 11.9. The van der Waals surface area contributed by atoms with E-state index in [4.69, 9.17) is 9.72 Å². The summed E-state index contributed by atoms with van der Waals surface area (Å²) >= 11 is 0. The number of hydrogen-bond acceptors (Lipinski definition) is 4. The van der Waals surface area contributed by atoms with Gasteiger partial charge in [0.05, 0.1) is 29.2 Å². The summed E-state index contributed by atoms with van der Waals surface area (Å²) in [6, 6.07) is 14.4. The molecule has 0 spiro atoms. The molecule has 3 rings (SSSR count). The zero-order valence-corrected chi connectivity index (χ0v) is 20.4. The third-order valence-corrected chi connectivity index (χ3v) is 6.26. The number of unbranched alkanes of at least 4 members (excludes halogenated alkanes) is 1. The number of carbonyl (C=O) groups is 1. The molecular formula is C27H35N3O3. The monoisotopic (exact) mass is 449 g/mol. The van der Waals surface area contributed by atoms with E-state index in [1.54, 1.807) is 15.5 Å². The van der Waals surface area contributed by atoms with Gasteiger partial charge in [0.15, 0.2) is 0 Å². The second-order valence-electron chi connectivity index (χ2n) is 8.40. The minimum Gasteiger partial charge on any atom is -0.492 e. The molecule has 2 aromatic carbocycles. The highest BCUT2D eigenvalue weighted by Gasteiger charge is 2.28. The molecule has 0 aliphatic rings. The predicted octanol–water partition coefficient (Wildman–Crippen LogP) is 5.52. The topological polar surface area (TPSA) is 64.4 Å². The first kappa shape index (κ1) is 24.5. The molecule has 2 unspecified atom stereocenters. The van der Waals surface area contributed by atoms with E-state index in [1.165, 1.54) is 0 Å². The Morgan fingerprint density at radius 2 is 1.79 bits per heavy atom. The van der Waals surface area contributed by atoms with E-state index in [9.17, 15) is 9.59 Å². The van der Waals surface area contributed by atoms with Gasteiger partial charge >= 0.3 is 0 Å². The second-order valence-corrected chi connectivity index (χ2v) is 8.40. The molecule has 1 amide bonds. The van der Waals surface area contributed by atoms with Gasteiger partial charge in [-0.05, 0) is 51.0 Å². The summed E-state index contributed by atoms with van der Waals surface area (Å²) in [6.07, 6.45) is 3.74. The van der Waals surface area contributed by atoms with Crippen LogP contribution in [0.15, 0.2) is 53.3 Å². The molecule has 0 saturated heterocycles. The molecule has 2 atom stereocenters. The molecule has 0 fully saturated rings. The molecule has 6 nitrogen and oxygen atoms in total. The predicted molar refractivity (Wildman–Crippen MR) is 133 cm³/mol. The molecule has 0 radical (unpaired) electrons. The molecule has 33 heavy (non-hydrogen) atoms. The van der Waals surface area contributed by atoms with E-state index in [0.29, 0.717) is 34.8 Å². The molecule has 176 valence electrons. The van der Waals surface area contributed by atoms with Crippen LogP contribution in [0.1, 0.15) is 65.2 Å². The van der Waals surface area contributed by atoms with Crippen molar-refractivity contribution in [2.45, 2.75) is 59.4 Å². The molecule has 0 aliphatic heterocycles. The standard InChI is InChI=1S/C27H35N3O3/c1-6-9-14-20(7-2)26(31)29(5)19(4)25-28-22-16-11-10-15-21(22)27(32)30(25)23-17-12-13-18-24(23)33-8-3/h10-13,15-20H,6-9,14H2,1-5H3. The SMILES string of the molecule is CCCCC(CC)C(=O)N(C)C(C)c1nc2ccccc2c(=O)n1-c1ccccc1OCC. The zero-order chi connectivity index (χ0) is 24.0. The van der Waals surface area contributed by atoms with Gasteiger partial charge in [0.2, 0.25) is 5.91 Å². The lowest BCUT2D eigenvalue weighted by Crippen LogP contribution is -2.38. The van der Waals surface area contributed by atoms with Gasteiger partial charge in [-0.1, -0.05) is 51.0 Å². The third kappa shape index (κ3) is 5.10. The number of nitrogens with zero attached hydrogens (tertiary/aromatic N) is 3. The Morgan fingerprint density at radius 1 is 1.09 bits per heavy atom. The maximum atomic E-state index is 13.7. The molecule has 6 heteroatoms. The molecule has 1 aromatic heterocycles. The quantitative estimate of drug-likeness (QED) is 0.409. The van der Waals surface area contributed by atoms with Crippen LogP contribution in [-0.4, -0.2) is 34.0 Å². The minimum absolute atomic E-state index is 0.0336. The molecule has 3 aromatic rings. The summed E-state index contributed by atoms with van der Waals surface area (Å²) in [7, 11) is 1.81. The van der Waals surface area contributed by atoms with Crippen LogP contribution in [0.25, 0.3) is 16.6 Å². The van der Waals surface area contributed by atoms with Crippen molar-refractivity contribution in [3.05, 3.63) is 64.7 Å². The Kier molecular flexibility index (Phi) is 8.26. The highest BCUT2D eigenvalue weighted by molar-refractivity contribution is 5.80. The van der Waals surface area contributed by atoms with Crippen LogP contribution in [0, 0.1) is 5.92 Å². The average Bonchev–Trinajstić information content (AvgIpc) is 2.84. The Bertz CT molecular complexity index is 1150. The number of amides is 1. The fourth-order valence-corrected chi connectivity index (χ4v) is 4.19. The summed E-state index contributed by atoms with van der Waals surface area (Å²) < 4.78 is 7.44. The van der Waals surface area contributed by atoms with E-state index < -0.39 is 6.04 Å². The Balaban J connectivity index is 2.17. The van der Waals surface area contributed by atoms with Gasteiger partial charge < -0.3 is 9.64 Å². The number of fused-ring (bicyclic) bond motifs is 1. The lowest BCUT2D eigenvalue weighted by atomic mass is 9.97. The second kappa shape index (κ2) is 11.1. The van der Waals surface area contributed by atoms with E-state index >= 15 is 0 Å². The number of benzene rings is 2. The molecule has 0 saturated carbocycles. The van der Waals surface area contributed by atoms with Crippen LogP contribution in [0.5, 0.6) is 5.75 Å². The van der Waals surface area contributed by atoms with Crippen LogP contribution >= 0.6 is 0 Å². The van der Waals surface area contributed by atoms with Crippen molar-refractivity contribution in [1.82, 2.24) is 14.5 Å². The van der Waals surface area contributed by atoms with Crippen LogP contribution in [0.4, 0.5) is 0 Å². The molecular weight excluding hydrogens is 414 g/mol. The number of rotatable bonds is 10. The fourth-order valence-electron chi connectivity index (χ4n) is 4.19. The minimum atomic E-state index is -0.403. The Labute approximate surface area is 196 Å². The summed E-state index contributed by atoms with van der Waals surface area (Å²) in [5.74, 6) is 1.18. The highest BCUT2D eigenvalue weighted by atomic mass is 16.5. The maximum Gasteiger partial charge on any atom is 0.266 e. The molecule has 0 aliphatic carbocycles. The van der Waals surface area contributed by atoms with E-state index in [0.717, 1.165) is 25.7 Å². The fraction of sp³-hybridized carbons (Fsp3) is 0.444. The summed E-state index contributed by atoms with van der Waals surface area (Å²) in [6.45, 7) is 8.51. The highest BCUT2D eigenvalue weighted by Crippen LogP contribution is 2.28. The largest absolute Gasteiger partial charge is 0.492 e. The van der Waals surface area contributed by atoms with Crippen LogP contribution in [-0.2, 0) is 4.79 Å². The first-order valence-electron chi connectivity index (χ1n) is 11.9.